The van der Waals surface area contributed by atoms with Crippen LogP contribution in [0, 0.1) is 0 Å². The molecule has 2 rings (SSSR count). The summed E-state index contributed by atoms with van der Waals surface area (Å²) in [5.74, 6) is -0.0656. The second-order valence-electron chi connectivity index (χ2n) is 5.10. The third-order valence-corrected chi connectivity index (χ3v) is 4.17. The van der Waals surface area contributed by atoms with Crippen molar-refractivity contribution >= 4 is 38.5 Å². The van der Waals surface area contributed by atoms with E-state index in [1.807, 2.05) is 18.2 Å². The van der Waals surface area contributed by atoms with Crippen LogP contribution in [0.1, 0.15) is 25.3 Å². The summed E-state index contributed by atoms with van der Waals surface area (Å²) in [5.41, 5.74) is 1.75. The molecule has 2 amide bonds. The molecule has 0 atom stereocenters. The van der Waals surface area contributed by atoms with Gasteiger partial charge >= 0.3 is 0 Å². The molecule has 0 aliphatic heterocycles. The Labute approximate surface area is 139 Å². The van der Waals surface area contributed by atoms with Crippen molar-refractivity contribution in [2.75, 3.05) is 25.6 Å². The highest BCUT2D eigenvalue weighted by Gasteiger charge is 2.09. The van der Waals surface area contributed by atoms with Gasteiger partial charge in [0, 0.05) is 26.7 Å². The first-order chi connectivity index (χ1) is 11.1. The van der Waals surface area contributed by atoms with Gasteiger partial charge in [-0.05, 0) is 24.1 Å². The van der Waals surface area contributed by atoms with Crippen LogP contribution in [-0.2, 0) is 20.7 Å². The molecule has 2 N–H and O–H groups in total. The lowest BCUT2D eigenvalue weighted by Gasteiger charge is -2.04. The number of benzene rings is 1. The SMILES string of the molecule is CCC(=O)Nc1nc2ccc(CC(=O)NCCCOC)cc2s1. The van der Waals surface area contributed by atoms with E-state index in [0.717, 1.165) is 22.2 Å². The van der Waals surface area contributed by atoms with E-state index in [0.29, 0.717) is 31.1 Å². The van der Waals surface area contributed by atoms with E-state index in [2.05, 4.69) is 15.6 Å². The summed E-state index contributed by atoms with van der Waals surface area (Å²) >= 11 is 1.42. The summed E-state index contributed by atoms with van der Waals surface area (Å²) in [6.45, 7) is 3.05. The molecule has 0 bridgehead atoms. The van der Waals surface area contributed by atoms with Gasteiger partial charge in [-0.1, -0.05) is 24.3 Å². The Hall–Kier alpha value is -1.99. The lowest BCUT2D eigenvalue weighted by molar-refractivity contribution is -0.120. The van der Waals surface area contributed by atoms with Crippen LogP contribution in [0.25, 0.3) is 10.2 Å². The molecule has 2 aromatic rings. The first-order valence-corrected chi connectivity index (χ1v) is 8.39. The number of ether oxygens (including phenoxy) is 1. The molecule has 1 heterocycles. The van der Waals surface area contributed by atoms with Gasteiger partial charge in [0.15, 0.2) is 5.13 Å². The Bertz CT molecular complexity index is 684. The molecular formula is C16H21N3O3S. The summed E-state index contributed by atoms with van der Waals surface area (Å²) in [6, 6.07) is 5.71. The zero-order valence-corrected chi connectivity index (χ0v) is 14.2. The summed E-state index contributed by atoms with van der Waals surface area (Å²) < 4.78 is 5.90. The number of nitrogens with zero attached hydrogens (tertiary/aromatic N) is 1. The van der Waals surface area contributed by atoms with Crippen molar-refractivity contribution in [3.8, 4) is 0 Å². The average molecular weight is 335 g/mol. The molecule has 0 saturated carbocycles. The molecule has 124 valence electrons. The van der Waals surface area contributed by atoms with E-state index in [-0.39, 0.29) is 11.8 Å². The van der Waals surface area contributed by atoms with Crippen molar-refractivity contribution in [2.45, 2.75) is 26.2 Å². The predicted octanol–water partition coefficient (Wildman–Crippen LogP) is 2.34. The van der Waals surface area contributed by atoms with Gasteiger partial charge in [0.05, 0.1) is 16.6 Å². The summed E-state index contributed by atoms with van der Waals surface area (Å²) in [4.78, 5) is 27.7. The first kappa shape index (κ1) is 17.4. The maximum absolute atomic E-state index is 11.9. The number of hydrogen-bond acceptors (Lipinski definition) is 5. The number of nitrogens with one attached hydrogen (secondary N) is 2. The van der Waals surface area contributed by atoms with Gasteiger partial charge in [-0.3, -0.25) is 9.59 Å². The van der Waals surface area contributed by atoms with Gasteiger partial charge in [0.1, 0.15) is 0 Å². The van der Waals surface area contributed by atoms with Crippen LogP contribution in [-0.4, -0.2) is 37.1 Å². The monoisotopic (exact) mass is 335 g/mol. The van der Waals surface area contributed by atoms with Crippen LogP contribution >= 0.6 is 11.3 Å². The smallest absolute Gasteiger partial charge is 0.225 e. The van der Waals surface area contributed by atoms with Crippen molar-refractivity contribution < 1.29 is 14.3 Å². The Morgan fingerprint density at radius 2 is 2.13 bits per heavy atom. The second kappa shape index (κ2) is 8.59. The summed E-state index contributed by atoms with van der Waals surface area (Å²) in [7, 11) is 1.64. The minimum atomic E-state index is -0.0558. The molecule has 0 aliphatic rings. The van der Waals surface area contributed by atoms with Crippen molar-refractivity contribution in [2.24, 2.45) is 0 Å². The zero-order valence-electron chi connectivity index (χ0n) is 13.3. The third-order valence-electron chi connectivity index (χ3n) is 3.23. The minimum Gasteiger partial charge on any atom is -0.385 e. The zero-order chi connectivity index (χ0) is 16.7. The van der Waals surface area contributed by atoms with Crippen molar-refractivity contribution in [3.05, 3.63) is 23.8 Å². The molecule has 1 aromatic heterocycles. The van der Waals surface area contributed by atoms with Crippen molar-refractivity contribution in [1.29, 1.82) is 0 Å². The molecule has 1 aromatic carbocycles. The van der Waals surface area contributed by atoms with Crippen LogP contribution in [0.5, 0.6) is 0 Å². The quantitative estimate of drug-likeness (QED) is 0.726. The lowest BCUT2D eigenvalue weighted by Crippen LogP contribution is -2.26. The Kier molecular flexibility index (Phi) is 6.49. The Balaban J connectivity index is 1.96. The van der Waals surface area contributed by atoms with Crippen LogP contribution < -0.4 is 10.6 Å². The predicted molar refractivity (Wildman–Crippen MR) is 91.7 cm³/mol. The minimum absolute atomic E-state index is 0.00974. The summed E-state index contributed by atoms with van der Waals surface area (Å²) in [6.07, 6.45) is 1.55. The van der Waals surface area contributed by atoms with Gasteiger partial charge in [-0.15, -0.1) is 0 Å². The number of amides is 2. The fraction of sp³-hybridized carbons (Fsp3) is 0.438. The fourth-order valence-corrected chi connectivity index (χ4v) is 2.98. The van der Waals surface area contributed by atoms with Crippen molar-refractivity contribution in [1.82, 2.24) is 10.3 Å². The molecule has 0 saturated heterocycles. The maximum Gasteiger partial charge on any atom is 0.225 e. The number of carbonyl (C=O) groups is 2. The van der Waals surface area contributed by atoms with Crippen molar-refractivity contribution in [3.63, 3.8) is 0 Å². The summed E-state index contributed by atoms with van der Waals surface area (Å²) in [5, 5.41) is 6.21. The number of thiazole rings is 1. The van der Waals surface area contributed by atoms with Gasteiger partial charge in [0.2, 0.25) is 11.8 Å². The molecule has 7 heteroatoms. The number of aromatic nitrogens is 1. The average Bonchev–Trinajstić information content (AvgIpc) is 2.92. The molecule has 0 unspecified atom stereocenters. The van der Waals surface area contributed by atoms with E-state index < -0.39 is 0 Å². The number of fused-ring (bicyclic) bond motifs is 1. The van der Waals surface area contributed by atoms with Crippen LogP contribution in [0.2, 0.25) is 0 Å². The van der Waals surface area contributed by atoms with E-state index in [4.69, 9.17) is 4.74 Å². The van der Waals surface area contributed by atoms with Crippen LogP contribution in [0.4, 0.5) is 5.13 Å². The lowest BCUT2D eigenvalue weighted by atomic mass is 10.1. The van der Waals surface area contributed by atoms with Gasteiger partial charge < -0.3 is 15.4 Å². The van der Waals surface area contributed by atoms with Gasteiger partial charge in [0.25, 0.3) is 0 Å². The van der Waals surface area contributed by atoms with E-state index >= 15 is 0 Å². The topological polar surface area (TPSA) is 80.3 Å². The highest BCUT2D eigenvalue weighted by molar-refractivity contribution is 7.22. The van der Waals surface area contributed by atoms with E-state index in [9.17, 15) is 9.59 Å². The van der Waals surface area contributed by atoms with E-state index in [1.165, 1.54) is 11.3 Å². The fourth-order valence-electron chi connectivity index (χ4n) is 2.03. The van der Waals surface area contributed by atoms with E-state index in [1.54, 1.807) is 14.0 Å². The molecule has 0 radical (unpaired) electrons. The highest BCUT2D eigenvalue weighted by atomic mass is 32.1. The van der Waals surface area contributed by atoms with Crippen LogP contribution in [0.3, 0.4) is 0 Å². The maximum atomic E-state index is 11.9. The molecule has 0 aliphatic carbocycles. The Morgan fingerprint density at radius 3 is 2.87 bits per heavy atom. The second-order valence-corrected chi connectivity index (χ2v) is 6.13. The molecule has 6 nitrogen and oxygen atoms in total. The molecule has 0 spiro atoms. The van der Waals surface area contributed by atoms with Gasteiger partial charge in [-0.25, -0.2) is 4.98 Å². The molecular weight excluding hydrogens is 314 g/mol. The number of rotatable bonds is 8. The highest BCUT2D eigenvalue weighted by Crippen LogP contribution is 2.27. The first-order valence-electron chi connectivity index (χ1n) is 7.57. The Morgan fingerprint density at radius 1 is 1.30 bits per heavy atom. The van der Waals surface area contributed by atoms with Crippen LogP contribution in [0.15, 0.2) is 18.2 Å². The number of methoxy groups -OCH3 is 1. The number of anilines is 1. The number of hydrogen-bond donors (Lipinski definition) is 2. The van der Waals surface area contributed by atoms with Gasteiger partial charge in [-0.2, -0.15) is 0 Å². The number of carbonyl (C=O) groups excluding carboxylic acids is 2. The molecule has 0 fully saturated rings. The normalized spacial score (nSPS) is 10.7. The largest absolute Gasteiger partial charge is 0.385 e. The third kappa shape index (κ3) is 5.30. The standard InChI is InChI=1S/C16H21N3O3S/c1-3-14(20)19-16-18-12-6-5-11(9-13(12)23-16)10-15(21)17-7-4-8-22-2/h5-6,9H,3-4,7-8,10H2,1-2H3,(H,17,21)(H,18,19,20). The molecule has 23 heavy (non-hydrogen) atoms.